The number of anilines is 2. The van der Waals surface area contributed by atoms with Gasteiger partial charge in [-0.3, -0.25) is 9.78 Å². The molecule has 1 saturated heterocycles. The third kappa shape index (κ3) is 4.25. The smallest absolute Gasteiger partial charge is 0.227 e. The summed E-state index contributed by atoms with van der Waals surface area (Å²) in [5.41, 5.74) is 2.31. The molecule has 6 nitrogen and oxygen atoms in total. The highest BCUT2D eigenvalue weighted by Gasteiger charge is 2.27. The molecule has 3 aromatic rings. The summed E-state index contributed by atoms with van der Waals surface area (Å²) in [6, 6.07) is 11.6. The highest BCUT2D eigenvalue weighted by Crippen LogP contribution is 2.33. The molecule has 0 atom stereocenters. The molecule has 8 heteroatoms. The molecule has 0 spiro atoms. The predicted octanol–water partition coefficient (Wildman–Crippen LogP) is 4.76. The summed E-state index contributed by atoms with van der Waals surface area (Å²) in [5, 5.41) is 13.5. The van der Waals surface area contributed by atoms with Crippen molar-refractivity contribution in [2.75, 3.05) is 30.4 Å². The number of carbonyl (C=O) groups excluding carboxylic acids is 1. The number of carbonyl (C=O) groups is 1. The van der Waals surface area contributed by atoms with Gasteiger partial charge in [0.2, 0.25) is 5.91 Å². The molecule has 0 aliphatic carbocycles. The first-order valence-corrected chi connectivity index (χ1v) is 10.3. The van der Waals surface area contributed by atoms with Crippen molar-refractivity contribution in [1.29, 1.82) is 5.26 Å². The van der Waals surface area contributed by atoms with Crippen molar-refractivity contribution in [3.63, 3.8) is 0 Å². The molecule has 1 aliphatic heterocycles. The van der Waals surface area contributed by atoms with Crippen molar-refractivity contribution in [2.24, 2.45) is 5.92 Å². The maximum atomic E-state index is 13.9. The van der Waals surface area contributed by atoms with Crippen LogP contribution in [0.2, 0.25) is 5.02 Å². The molecular formula is C23H20ClFN4O2. The molecule has 31 heavy (non-hydrogen) atoms. The summed E-state index contributed by atoms with van der Waals surface area (Å²) in [7, 11) is 1.53. The number of aromatic nitrogens is 1. The fourth-order valence-corrected chi connectivity index (χ4v) is 4.18. The van der Waals surface area contributed by atoms with Gasteiger partial charge in [-0.05, 0) is 49.2 Å². The number of hydrogen-bond acceptors (Lipinski definition) is 5. The Morgan fingerprint density at radius 2 is 2.06 bits per heavy atom. The van der Waals surface area contributed by atoms with Crippen LogP contribution < -0.4 is 15.0 Å². The van der Waals surface area contributed by atoms with Crippen molar-refractivity contribution in [2.45, 2.75) is 12.8 Å². The fourth-order valence-electron chi connectivity index (χ4n) is 3.93. The van der Waals surface area contributed by atoms with Crippen LogP contribution in [0.5, 0.6) is 5.75 Å². The van der Waals surface area contributed by atoms with Gasteiger partial charge in [-0.1, -0.05) is 11.6 Å². The minimum atomic E-state index is -0.377. The second-order valence-electron chi connectivity index (χ2n) is 7.39. The topological polar surface area (TPSA) is 78.2 Å². The van der Waals surface area contributed by atoms with Crippen LogP contribution in [0, 0.1) is 23.1 Å². The third-order valence-electron chi connectivity index (χ3n) is 5.52. The maximum Gasteiger partial charge on any atom is 0.227 e. The number of nitriles is 1. The SMILES string of the molecule is COc1ccc(NC(=O)C2CCN(c3c(C#N)cnc4ccc(F)cc34)CC2)cc1Cl. The summed E-state index contributed by atoms with van der Waals surface area (Å²) >= 11 is 6.13. The number of rotatable bonds is 4. The van der Waals surface area contributed by atoms with E-state index in [0.717, 1.165) is 0 Å². The number of amides is 1. The van der Waals surface area contributed by atoms with E-state index < -0.39 is 0 Å². The van der Waals surface area contributed by atoms with Gasteiger partial charge in [0, 0.05) is 36.3 Å². The van der Waals surface area contributed by atoms with E-state index in [9.17, 15) is 14.4 Å². The Bertz CT molecular complexity index is 1190. The van der Waals surface area contributed by atoms with E-state index >= 15 is 0 Å². The van der Waals surface area contributed by atoms with Crippen LogP contribution in [-0.2, 0) is 4.79 Å². The zero-order valence-corrected chi connectivity index (χ0v) is 17.6. The van der Waals surface area contributed by atoms with Crippen LogP contribution in [0.4, 0.5) is 15.8 Å². The molecule has 2 aromatic carbocycles. The van der Waals surface area contributed by atoms with E-state index in [-0.39, 0.29) is 17.6 Å². The Morgan fingerprint density at radius 1 is 1.29 bits per heavy atom. The van der Waals surface area contributed by atoms with Crippen LogP contribution in [0.1, 0.15) is 18.4 Å². The minimum absolute atomic E-state index is 0.0768. The van der Waals surface area contributed by atoms with E-state index in [4.69, 9.17) is 16.3 Å². The standard InChI is InChI=1S/C23H20ClFN4O2/c1-31-21-5-3-17(11-19(21)24)28-23(30)14-6-8-29(9-7-14)22-15(12-26)13-27-20-4-2-16(25)10-18(20)22/h2-5,10-11,13-14H,6-9H2,1H3,(H,28,30). The molecule has 1 aliphatic rings. The Hall–Kier alpha value is -3.37. The number of ether oxygens (including phenoxy) is 1. The lowest BCUT2D eigenvalue weighted by atomic mass is 9.94. The maximum absolute atomic E-state index is 13.9. The van der Waals surface area contributed by atoms with Gasteiger partial charge in [0.05, 0.1) is 28.9 Å². The molecule has 1 aromatic heterocycles. The van der Waals surface area contributed by atoms with E-state index in [0.29, 0.717) is 64.5 Å². The largest absolute Gasteiger partial charge is 0.495 e. The van der Waals surface area contributed by atoms with Crippen molar-refractivity contribution in [1.82, 2.24) is 4.98 Å². The van der Waals surface area contributed by atoms with Gasteiger partial charge in [0.15, 0.2) is 0 Å². The highest BCUT2D eigenvalue weighted by molar-refractivity contribution is 6.32. The second-order valence-corrected chi connectivity index (χ2v) is 7.80. The second kappa shape index (κ2) is 8.78. The molecule has 2 heterocycles. The number of fused-ring (bicyclic) bond motifs is 1. The molecule has 4 rings (SSSR count). The molecular weight excluding hydrogens is 419 g/mol. The number of methoxy groups -OCH3 is 1. The lowest BCUT2D eigenvalue weighted by Gasteiger charge is -2.34. The zero-order valence-electron chi connectivity index (χ0n) is 16.9. The van der Waals surface area contributed by atoms with Crippen LogP contribution in [0.3, 0.4) is 0 Å². The van der Waals surface area contributed by atoms with Gasteiger partial charge in [-0.25, -0.2) is 4.39 Å². The molecule has 1 fully saturated rings. The third-order valence-corrected chi connectivity index (χ3v) is 5.82. The Balaban J connectivity index is 1.49. The summed E-state index contributed by atoms with van der Waals surface area (Å²) in [5.74, 6) is -0.0835. The average Bonchev–Trinajstić information content (AvgIpc) is 2.78. The average molecular weight is 439 g/mol. The highest BCUT2D eigenvalue weighted by atomic mass is 35.5. The number of hydrogen-bond donors (Lipinski definition) is 1. The summed E-state index contributed by atoms with van der Waals surface area (Å²) in [6.07, 6.45) is 2.74. The van der Waals surface area contributed by atoms with E-state index in [2.05, 4.69) is 16.4 Å². The van der Waals surface area contributed by atoms with Crippen LogP contribution >= 0.6 is 11.6 Å². The number of nitrogens with one attached hydrogen (secondary N) is 1. The Labute approximate surface area is 184 Å². The summed E-state index contributed by atoms with van der Waals surface area (Å²) < 4.78 is 19.0. The van der Waals surface area contributed by atoms with Crippen molar-refractivity contribution < 1.29 is 13.9 Å². The van der Waals surface area contributed by atoms with Gasteiger partial charge >= 0.3 is 0 Å². The summed E-state index contributed by atoms with van der Waals surface area (Å²) in [6.45, 7) is 1.15. The molecule has 0 unspecified atom stereocenters. The van der Waals surface area contributed by atoms with Gasteiger partial charge in [0.25, 0.3) is 0 Å². The van der Waals surface area contributed by atoms with Crippen molar-refractivity contribution in [3.8, 4) is 11.8 Å². The Kier molecular flexibility index (Phi) is 5.92. The van der Waals surface area contributed by atoms with E-state index in [1.54, 1.807) is 24.3 Å². The van der Waals surface area contributed by atoms with E-state index in [1.165, 1.54) is 25.4 Å². The van der Waals surface area contributed by atoms with Crippen LogP contribution in [-0.4, -0.2) is 31.1 Å². The number of halogens is 2. The van der Waals surface area contributed by atoms with Gasteiger partial charge in [0.1, 0.15) is 17.6 Å². The lowest BCUT2D eigenvalue weighted by molar-refractivity contribution is -0.120. The lowest BCUT2D eigenvalue weighted by Crippen LogP contribution is -2.38. The quantitative estimate of drug-likeness (QED) is 0.635. The Morgan fingerprint density at radius 3 is 2.74 bits per heavy atom. The van der Waals surface area contributed by atoms with Crippen LogP contribution in [0.25, 0.3) is 10.9 Å². The number of benzene rings is 2. The monoisotopic (exact) mass is 438 g/mol. The zero-order chi connectivity index (χ0) is 22.0. The molecule has 0 saturated carbocycles. The molecule has 0 radical (unpaired) electrons. The number of nitrogens with zero attached hydrogens (tertiary/aromatic N) is 3. The van der Waals surface area contributed by atoms with Crippen LogP contribution in [0.15, 0.2) is 42.6 Å². The fraction of sp³-hybridized carbons (Fsp3) is 0.261. The molecule has 0 bridgehead atoms. The first kappa shape index (κ1) is 20.9. The minimum Gasteiger partial charge on any atom is -0.495 e. The summed E-state index contributed by atoms with van der Waals surface area (Å²) in [4.78, 5) is 19.0. The predicted molar refractivity (Wildman–Crippen MR) is 118 cm³/mol. The van der Waals surface area contributed by atoms with E-state index in [1.807, 2.05) is 4.90 Å². The van der Waals surface area contributed by atoms with Gasteiger partial charge < -0.3 is 15.0 Å². The first-order valence-electron chi connectivity index (χ1n) is 9.88. The van der Waals surface area contributed by atoms with Gasteiger partial charge in [-0.15, -0.1) is 0 Å². The first-order chi connectivity index (χ1) is 15.0. The molecule has 1 amide bonds. The van der Waals surface area contributed by atoms with Gasteiger partial charge in [-0.2, -0.15) is 5.26 Å². The normalized spacial score (nSPS) is 14.3. The van der Waals surface area contributed by atoms with Crippen molar-refractivity contribution in [3.05, 3.63) is 59.0 Å². The van der Waals surface area contributed by atoms with Crippen molar-refractivity contribution >= 4 is 39.8 Å². The molecule has 1 N–H and O–H groups in total. The number of piperidine rings is 1. The molecule has 158 valence electrons. The number of pyridine rings is 1.